The summed E-state index contributed by atoms with van der Waals surface area (Å²) in [6, 6.07) is 12.5. The second-order valence-corrected chi connectivity index (χ2v) is 1.08. The van der Waals surface area contributed by atoms with Gasteiger partial charge in [0.1, 0.15) is 0 Å². The average Bonchev–Trinajstić information content (AvgIpc) is 1.96. The Kier molecular flexibility index (Phi) is 79.3. The fraction of sp³-hybridized carbons (Fsp3) is 0. The number of benzene rings is 1. The molecule has 1 aromatic carbocycles. The Bertz CT molecular complexity index is 87.9. The first-order valence-corrected chi connectivity index (χ1v) is 2.40. The van der Waals surface area contributed by atoms with Gasteiger partial charge in [-0.15, -0.1) is 0 Å². The zero-order valence-electron chi connectivity index (χ0n) is 5.59. The third-order valence-electron chi connectivity index (χ3n) is 0.607. The Balaban J connectivity index is -0.0000000257. The van der Waals surface area contributed by atoms with E-state index in [1.54, 1.807) is 0 Å². The molecule has 0 heterocycles. The molecule has 1 rings (SSSR count). The minimum atomic E-state index is 0. The van der Waals surface area contributed by atoms with E-state index in [2.05, 4.69) is 22.0 Å². The first kappa shape index (κ1) is 30.1. The summed E-state index contributed by atoms with van der Waals surface area (Å²) in [6.45, 7) is 0. The summed E-state index contributed by atoms with van der Waals surface area (Å²) in [7, 11) is 0. The fourth-order valence-electron chi connectivity index (χ4n) is 0.342. The quantitative estimate of drug-likeness (QED) is 0.236. The molecule has 0 aromatic heterocycles. The zero-order chi connectivity index (χ0) is 6.24. The van der Waals surface area contributed by atoms with Gasteiger partial charge in [0.15, 0.2) is 0 Å². The number of hydrogen-bond donors (Lipinski definition) is 0. The van der Waals surface area contributed by atoms with E-state index in [0.29, 0.717) is 0 Å². The van der Waals surface area contributed by atoms with Gasteiger partial charge in [-0.05, 0) is 0 Å². The Morgan fingerprint density at radius 2 is 1.08 bits per heavy atom. The van der Waals surface area contributed by atoms with Crippen LogP contribution in [0, 0.1) is 6.07 Å². The van der Waals surface area contributed by atoms with Crippen molar-refractivity contribution < 1.29 is 38.3 Å². The molecule has 0 aliphatic heterocycles. The van der Waals surface area contributed by atoms with Crippen LogP contribution in [0.1, 0.15) is 0 Å². The van der Waals surface area contributed by atoms with E-state index in [1.807, 2.05) is 30.3 Å². The second-order valence-electron chi connectivity index (χ2n) is 1.08. The maximum Gasteiger partial charge on any atom is -0.171 e. The summed E-state index contributed by atoms with van der Waals surface area (Å²) in [6.07, 6.45) is 0. The topological polar surface area (TPSA) is 0 Å². The molecule has 0 nitrogen and oxygen atoms in total. The number of halogens is 5. The summed E-state index contributed by atoms with van der Waals surface area (Å²) < 4.78 is 9.12. The molecule has 0 atom stereocenters. The molecular weight excluding hydrogens is 226 g/mol. The number of hydrogen-bond acceptors (Lipinski definition) is 0. The molecule has 0 saturated carbocycles. The molecule has 0 aliphatic carbocycles. The maximum absolute atomic E-state index is 9.12. The standard InChI is InChI=1S/C6H5.5FH.Ni/c1-2-4-6-5-3-1;;;;;;/h1-5H;5*1H;/q-1;;;;;;+1/p-5. The van der Waals surface area contributed by atoms with Gasteiger partial charge < -0.3 is 18.8 Å². The first-order valence-electron chi connectivity index (χ1n) is 2.03. The largest absolute Gasteiger partial charge is 0.184 e. The Morgan fingerprint density at radius 1 is 0.750 bits per heavy atom. The maximum atomic E-state index is 9.12. The fourth-order valence-corrected chi connectivity index (χ4v) is 0.342. The van der Waals surface area contributed by atoms with Crippen LogP contribution in [0.3, 0.4) is 0 Å². The van der Waals surface area contributed by atoms with Gasteiger partial charge in [0, 0.05) is 0 Å². The summed E-state index contributed by atoms with van der Waals surface area (Å²) >= 11 is 2.38. The van der Waals surface area contributed by atoms with Crippen molar-refractivity contribution in [2.24, 2.45) is 0 Å². The zero-order valence-corrected chi connectivity index (χ0v) is 6.58. The summed E-state index contributed by atoms with van der Waals surface area (Å²) in [4.78, 5) is 0. The van der Waals surface area contributed by atoms with E-state index < -0.39 is 0 Å². The Hall–Kier alpha value is -0.636. The van der Waals surface area contributed by atoms with Crippen molar-refractivity contribution in [3.05, 3.63) is 36.4 Å². The molecule has 0 amide bonds. The minimum Gasteiger partial charge on any atom is -0.184 e. The van der Waals surface area contributed by atoms with Gasteiger partial charge >= 0.3 is 19.5 Å². The molecule has 12 heavy (non-hydrogen) atoms. The van der Waals surface area contributed by atoms with Crippen LogP contribution < -0.4 is 18.8 Å². The second kappa shape index (κ2) is 31.6. The van der Waals surface area contributed by atoms with Crippen LogP contribution in [-0.4, -0.2) is 0 Å². The van der Waals surface area contributed by atoms with Gasteiger partial charge in [-0.25, -0.2) is 0 Å². The van der Waals surface area contributed by atoms with Gasteiger partial charge in [-0.3, -0.25) is 0 Å². The van der Waals surface area contributed by atoms with Crippen molar-refractivity contribution in [2.75, 3.05) is 0 Å². The van der Waals surface area contributed by atoms with Gasteiger partial charge in [0.2, 0.25) is 0 Å². The van der Waals surface area contributed by atoms with Gasteiger partial charge in [0.25, 0.3) is 0 Å². The summed E-state index contributed by atoms with van der Waals surface area (Å²) in [5.41, 5.74) is 0. The molecule has 6 heteroatoms. The van der Waals surface area contributed by atoms with Gasteiger partial charge in [-0.2, -0.15) is 36.4 Å². The van der Waals surface area contributed by atoms with Crippen molar-refractivity contribution in [3.8, 4) is 0 Å². The molecule has 1 aromatic rings. The summed E-state index contributed by atoms with van der Waals surface area (Å²) in [5, 5.41) is 0. The molecule has 0 fully saturated rings. The Morgan fingerprint density at radius 3 is 1.17 bits per heavy atom. The van der Waals surface area contributed by atoms with E-state index in [4.69, 9.17) is 3.61 Å². The molecule has 0 N–H and O–H groups in total. The molecule has 0 saturated heterocycles. The van der Waals surface area contributed by atoms with E-state index in [1.165, 1.54) is 0 Å². The van der Waals surface area contributed by atoms with Crippen molar-refractivity contribution in [1.29, 1.82) is 0 Å². The average molecular weight is 231 g/mol. The smallest absolute Gasteiger partial charge is 0.171 e. The van der Waals surface area contributed by atoms with Crippen LogP contribution >= 0.6 is 0 Å². The third-order valence-corrected chi connectivity index (χ3v) is 0.607. The monoisotopic (exact) mass is 230 g/mol. The first-order chi connectivity index (χ1) is 4.00. The van der Waals surface area contributed by atoms with E-state index >= 15 is 0 Å². The SMILES string of the molecule is [F-].[F-].[F-].[F-].[F][Ni].[c-]1ccccc1. The molecule has 79 valence electrons. The molecule has 0 spiro atoms. The van der Waals surface area contributed by atoms with Crippen LogP contribution in [-0.2, 0) is 15.9 Å². The van der Waals surface area contributed by atoms with Crippen molar-refractivity contribution in [3.63, 3.8) is 0 Å². The van der Waals surface area contributed by atoms with E-state index in [0.717, 1.165) is 0 Å². The van der Waals surface area contributed by atoms with Gasteiger partial charge in [0.05, 0.1) is 0 Å². The minimum absolute atomic E-state index is 0. The van der Waals surface area contributed by atoms with Crippen molar-refractivity contribution in [1.82, 2.24) is 0 Å². The van der Waals surface area contributed by atoms with Crippen LogP contribution in [0.15, 0.2) is 30.3 Å². The molecule has 0 unspecified atom stereocenters. The Labute approximate surface area is 75.4 Å². The third kappa shape index (κ3) is 22.8. The van der Waals surface area contributed by atoms with Crippen LogP contribution in [0.5, 0.6) is 0 Å². The molecule has 0 aliphatic rings. The molecule has 0 radical (unpaired) electrons. The van der Waals surface area contributed by atoms with Crippen molar-refractivity contribution >= 4 is 0 Å². The summed E-state index contributed by atoms with van der Waals surface area (Å²) in [5.74, 6) is 0. The molecular formula is C6H5F5Ni-5. The molecule has 0 bridgehead atoms. The van der Waals surface area contributed by atoms with Crippen LogP contribution in [0.25, 0.3) is 0 Å². The predicted octanol–water partition coefficient (Wildman–Crippen LogP) is -10.1. The van der Waals surface area contributed by atoms with Crippen LogP contribution in [0.4, 0.5) is 3.61 Å². The predicted molar refractivity (Wildman–Crippen MR) is 26.4 cm³/mol. The normalized spacial score (nSPS) is 4.58. The number of rotatable bonds is 0. The van der Waals surface area contributed by atoms with Gasteiger partial charge in [-0.1, -0.05) is 0 Å². The van der Waals surface area contributed by atoms with E-state index in [9.17, 15) is 0 Å². The van der Waals surface area contributed by atoms with E-state index in [-0.39, 0.29) is 18.8 Å². The van der Waals surface area contributed by atoms with Crippen LogP contribution in [0.2, 0.25) is 0 Å². The van der Waals surface area contributed by atoms with Crippen molar-refractivity contribution in [2.45, 2.75) is 0 Å².